The molecule has 1 aromatic carbocycles. The highest BCUT2D eigenvalue weighted by atomic mass is 19.1. The Morgan fingerprint density at radius 3 is 2.89 bits per heavy atom. The molecule has 28 heavy (non-hydrogen) atoms. The summed E-state index contributed by atoms with van der Waals surface area (Å²) in [5, 5.41) is 2.91. The van der Waals surface area contributed by atoms with Crippen LogP contribution in [-0.2, 0) is 11.8 Å². The lowest BCUT2D eigenvalue weighted by Gasteiger charge is -2.18. The summed E-state index contributed by atoms with van der Waals surface area (Å²) in [6.45, 7) is 2.19. The monoisotopic (exact) mass is 379 g/mol. The molecule has 144 valence electrons. The molecular weight excluding hydrogens is 357 g/mol. The van der Waals surface area contributed by atoms with Gasteiger partial charge in [0.15, 0.2) is 0 Å². The highest BCUT2D eigenvalue weighted by Crippen LogP contribution is 2.47. The summed E-state index contributed by atoms with van der Waals surface area (Å²) >= 11 is 0. The van der Waals surface area contributed by atoms with Crippen LogP contribution in [0.1, 0.15) is 48.2 Å². The first-order valence-electron chi connectivity index (χ1n) is 9.32. The van der Waals surface area contributed by atoms with Crippen LogP contribution in [0.15, 0.2) is 59.3 Å². The molecule has 3 unspecified atom stereocenters. The van der Waals surface area contributed by atoms with Gasteiger partial charge in [0.05, 0.1) is 0 Å². The van der Waals surface area contributed by atoms with Crippen molar-refractivity contribution >= 4 is 12.0 Å². The molecule has 3 aromatic rings. The number of hydrogen-bond acceptors (Lipinski definition) is 3. The van der Waals surface area contributed by atoms with E-state index in [0.717, 1.165) is 12.2 Å². The molecule has 3 atom stereocenters. The smallest absolute Gasteiger partial charge is 0.244 e. The van der Waals surface area contributed by atoms with Crippen LogP contribution < -0.4 is 5.32 Å². The molecule has 1 aliphatic carbocycles. The maximum absolute atomic E-state index is 13.7. The fourth-order valence-corrected chi connectivity index (χ4v) is 3.36. The number of halogens is 1. The van der Waals surface area contributed by atoms with Crippen LogP contribution in [0.4, 0.5) is 4.39 Å². The molecule has 1 amide bonds. The van der Waals surface area contributed by atoms with Crippen LogP contribution in [0.2, 0.25) is 0 Å². The maximum atomic E-state index is 13.7. The lowest BCUT2D eigenvalue weighted by molar-refractivity contribution is -0.117. The van der Waals surface area contributed by atoms with Crippen LogP contribution >= 0.6 is 0 Å². The Morgan fingerprint density at radius 1 is 1.39 bits per heavy atom. The van der Waals surface area contributed by atoms with Crippen LogP contribution in [0, 0.1) is 11.7 Å². The number of rotatable bonds is 6. The second-order valence-corrected chi connectivity index (χ2v) is 7.29. The van der Waals surface area contributed by atoms with Gasteiger partial charge in [-0.15, -0.1) is 0 Å². The zero-order chi connectivity index (χ0) is 19.7. The van der Waals surface area contributed by atoms with Gasteiger partial charge in [-0.05, 0) is 48.2 Å². The molecular formula is C22H22FN3O2. The van der Waals surface area contributed by atoms with Crippen molar-refractivity contribution in [1.29, 1.82) is 0 Å². The fourth-order valence-electron chi connectivity index (χ4n) is 3.36. The topological polar surface area (TPSA) is 60.1 Å². The molecule has 1 fully saturated rings. The van der Waals surface area contributed by atoms with Crippen LogP contribution in [-0.4, -0.2) is 15.5 Å². The summed E-state index contributed by atoms with van der Waals surface area (Å²) in [5.74, 6) is 2.72. The Morgan fingerprint density at radius 2 is 2.21 bits per heavy atom. The quantitative estimate of drug-likeness (QED) is 0.653. The molecule has 2 aromatic heterocycles. The number of benzene rings is 1. The number of aryl methyl sites for hydroxylation is 1. The number of nitrogens with one attached hydrogen (secondary N) is 1. The third kappa shape index (κ3) is 3.91. The van der Waals surface area contributed by atoms with Crippen molar-refractivity contribution in [2.24, 2.45) is 13.0 Å². The van der Waals surface area contributed by atoms with Crippen molar-refractivity contribution < 1.29 is 13.6 Å². The maximum Gasteiger partial charge on any atom is 0.244 e. The van der Waals surface area contributed by atoms with E-state index in [1.54, 1.807) is 35.2 Å². The molecule has 0 radical (unpaired) electrons. The summed E-state index contributed by atoms with van der Waals surface area (Å²) in [6.07, 6.45) is 7.65. The van der Waals surface area contributed by atoms with Crippen LogP contribution in [0.25, 0.3) is 6.08 Å². The van der Waals surface area contributed by atoms with Gasteiger partial charge in [0, 0.05) is 31.4 Å². The van der Waals surface area contributed by atoms with Gasteiger partial charge in [0.1, 0.15) is 29.2 Å². The Labute approximate surface area is 162 Å². The highest BCUT2D eigenvalue weighted by Gasteiger charge is 2.36. The predicted octanol–water partition coefficient (Wildman–Crippen LogP) is 4.19. The first-order chi connectivity index (χ1) is 13.5. The second-order valence-electron chi connectivity index (χ2n) is 7.29. The summed E-state index contributed by atoms with van der Waals surface area (Å²) in [4.78, 5) is 16.8. The molecule has 2 heterocycles. The summed E-state index contributed by atoms with van der Waals surface area (Å²) < 4.78 is 21.3. The average Bonchev–Trinajstić information content (AvgIpc) is 3.06. The second kappa shape index (κ2) is 7.46. The first-order valence-corrected chi connectivity index (χ1v) is 9.32. The zero-order valence-electron chi connectivity index (χ0n) is 15.8. The molecule has 0 spiro atoms. The van der Waals surface area contributed by atoms with Crippen molar-refractivity contribution in [2.45, 2.75) is 25.3 Å². The Kier molecular flexibility index (Phi) is 4.86. The van der Waals surface area contributed by atoms with E-state index >= 15 is 0 Å². The molecule has 1 N–H and O–H groups in total. The van der Waals surface area contributed by atoms with E-state index < -0.39 is 6.04 Å². The molecule has 0 saturated heterocycles. The number of carbonyl (C=O) groups is 1. The van der Waals surface area contributed by atoms with Crippen molar-refractivity contribution in [2.75, 3.05) is 0 Å². The Hall–Kier alpha value is -3.15. The number of hydrogen-bond donors (Lipinski definition) is 1. The van der Waals surface area contributed by atoms with E-state index in [4.69, 9.17) is 4.42 Å². The molecule has 5 nitrogen and oxygen atoms in total. The van der Waals surface area contributed by atoms with E-state index in [2.05, 4.69) is 17.2 Å². The lowest BCUT2D eigenvalue weighted by Crippen LogP contribution is -2.29. The predicted molar refractivity (Wildman–Crippen MR) is 104 cm³/mol. The van der Waals surface area contributed by atoms with Gasteiger partial charge in [0.25, 0.3) is 0 Å². The SMILES string of the molecule is CC1CC1c1ccc(C=CC(=O)NC(c2cccc(F)c2)c2nccn2C)o1. The van der Waals surface area contributed by atoms with Gasteiger partial charge in [-0.3, -0.25) is 4.79 Å². The van der Waals surface area contributed by atoms with Gasteiger partial charge in [0.2, 0.25) is 5.91 Å². The molecule has 0 bridgehead atoms. The van der Waals surface area contributed by atoms with Gasteiger partial charge >= 0.3 is 0 Å². The van der Waals surface area contributed by atoms with Crippen LogP contribution in [0.5, 0.6) is 0 Å². The minimum Gasteiger partial charge on any atom is -0.461 e. The fraction of sp³-hybridized carbons (Fsp3) is 0.273. The molecule has 1 aliphatic rings. The zero-order valence-corrected chi connectivity index (χ0v) is 15.8. The minimum atomic E-state index is -0.563. The number of nitrogens with zero attached hydrogens (tertiary/aromatic N) is 2. The standard InChI is InChI=1S/C22H22FN3O2/c1-14-12-18(14)19-8-6-17(28-19)7-9-20(27)25-21(22-24-10-11-26(22)2)15-4-3-5-16(23)13-15/h3-11,13-14,18,21H,12H2,1-2H3,(H,25,27). The van der Waals surface area contributed by atoms with Gasteiger partial charge in [-0.2, -0.15) is 0 Å². The van der Waals surface area contributed by atoms with E-state index in [9.17, 15) is 9.18 Å². The summed E-state index contributed by atoms with van der Waals surface area (Å²) in [5.41, 5.74) is 0.624. The number of carbonyl (C=O) groups excluding carboxylic acids is 1. The number of imidazole rings is 1. The van der Waals surface area contributed by atoms with E-state index in [1.165, 1.54) is 18.2 Å². The Balaban J connectivity index is 1.51. The summed E-state index contributed by atoms with van der Waals surface area (Å²) in [6, 6.07) is 9.43. The van der Waals surface area contributed by atoms with E-state index in [1.807, 2.05) is 19.2 Å². The van der Waals surface area contributed by atoms with Crippen molar-refractivity contribution in [3.8, 4) is 0 Å². The molecule has 0 aliphatic heterocycles. The molecule has 6 heteroatoms. The molecule has 4 rings (SSSR count). The third-order valence-electron chi connectivity index (χ3n) is 5.11. The van der Waals surface area contributed by atoms with Gasteiger partial charge in [-0.25, -0.2) is 9.37 Å². The number of amides is 1. The normalized spacial score (nSPS) is 19.7. The first kappa shape index (κ1) is 18.2. The lowest BCUT2D eigenvalue weighted by atomic mass is 10.1. The highest BCUT2D eigenvalue weighted by molar-refractivity contribution is 5.91. The molecule has 1 saturated carbocycles. The number of aromatic nitrogens is 2. The summed E-state index contributed by atoms with van der Waals surface area (Å²) in [7, 11) is 1.83. The average molecular weight is 379 g/mol. The van der Waals surface area contributed by atoms with Gasteiger partial charge in [-0.1, -0.05) is 19.1 Å². The largest absolute Gasteiger partial charge is 0.461 e. The third-order valence-corrected chi connectivity index (χ3v) is 5.11. The number of furan rings is 1. The Bertz CT molecular complexity index is 1020. The van der Waals surface area contributed by atoms with Crippen molar-refractivity contribution in [3.63, 3.8) is 0 Å². The van der Waals surface area contributed by atoms with Crippen LogP contribution in [0.3, 0.4) is 0 Å². The van der Waals surface area contributed by atoms with E-state index in [0.29, 0.717) is 29.0 Å². The van der Waals surface area contributed by atoms with Crippen molar-refractivity contribution in [1.82, 2.24) is 14.9 Å². The van der Waals surface area contributed by atoms with Crippen molar-refractivity contribution in [3.05, 3.63) is 83.6 Å². The minimum absolute atomic E-state index is 0.310. The van der Waals surface area contributed by atoms with E-state index in [-0.39, 0.29) is 11.7 Å². The van der Waals surface area contributed by atoms with Gasteiger partial charge < -0.3 is 14.3 Å².